The Kier molecular flexibility index (Phi) is 7.15. The van der Waals surface area contributed by atoms with Gasteiger partial charge in [0.1, 0.15) is 11.2 Å². The number of furan rings is 1. The molecule has 3 nitrogen and oxygen atoms in total. The number of para-hydroxylation sites is 2. The standard InChI is InChI=1S/C63H38N2O/c1-2-18-44-39(14-1)15-13-28-57(44)64(42-31-34-49-48-21-5-9-27-58(48)65(59(49)37-42)43-32-35-51-50-22-6-10-29-60(50)66-61(51)38-43)41-30-33-47-45-19-3-7-24-53(45)63(56(47)36-41)54-25-8-4-20-46(54)52-23-11-16-40-17-12-26-55(63)62(40)52/h1-38H. The molecular formula is C63H38N2O. The fourth-order valence-corrected chi connectivity index (χ4v) is 12.1. The summed E-state index contributed by atoms with van der Waals surface area (Å²) >= 11 is 0. The third-order valence-electron chi connectivity index (χ3n) is 14.8. The molecule has 2 aliphatic rings. The molecule has 0 saturated carbocycles. The van der Waals surface area contributed by atoms with Crippen molar-refractivity contribution in [1.82, 2.24) is 4.57 Å². The van der Waals surface area contributed by atoms with E-state index in [9.17, 15) is 0 Å². The molecule has 15 rings (SSSR count). The predicted octanol–water partition coefficient (Wildman–Crippen LogP) is 16.8. The van der Waals surface area contributed by atoms with E-state index in [1.54, 1.807) is 0 Å². The number of aromatic nitrogens is 1. The van der Waals surface area contributed by atoms with Crippen LogP contribution in [0.15, 0.2) is 235 Å². The number of hydrogen-bond donors (Lipinski definition) is 0. The minimum atomic E-state index is -0.539. The van der Waals surface area contributed by atoms with Gasteiger partial charge in [0, 0.05) is 50.1 Å². The van der Waals surface area contributed by atoms with E-state index in [4.69, 9.17) is 4.42 Å². The van der Waals surface area contributed by atoms with Crippen molar-refractivity contribution in [2.45, 2.75) is 5.41 Å². The van der Waals surface area contributed by atoms with Gasteiger partial charge in [-0.1, -0.05) is 170 Å². The lowest BCUT2D eigenvalue weighted by Gasteiger charge is -2.40. The van der Waals surface area contributed by atoms with Gasteiger partial charge in [-0.25, -0.2) is 0 Å². The first-order valence-electron chi connectivity index (χ1n) is 22.8. The Morgan fingerprint density at radius 2 is 0.924 bits per heavy atom. The van der Waals surface area contributed by atoms with Crippen LogP contribution in [0.1, 0.15) is 22.3 Å². The summed E-state index contributed by atoms with van der Waals surface area (Å²) in [5, 5.41) is 9.65. The van der Waals surface area contributed by atoms with Gasteiger partial charge in [0.25, 0.3) is 0 Å². The Labute approximate surface area is 380 Å². The van der Waals surface area contributed by atoms with Crippen LogP contribution >= 0.6 is 0 Å². The SMILES string of the molecule is c1ccc2c(c1)-c1ccc(N(c3ccc4c5ccccc5n(-c5ccc6c(c5)oc5ccccc56)c4c3)c3cccc4ccccc34)cc1C21c2ccccc2-c2cccc3cccc1c23. The van der Waals surface area contributed by atoms with E-state index in [2.05, 4.69) is 234 Å². The summed E-state index contributed by atoms with van der Waals surface area (Å²) in [5.74, 6) is 0. The highest BCUT2D eigenvalue weighted by molar-refractivity contribution is 6.12. The van der Waals surface area contributed by atoms with Crippen LogP contribution in [0.5, 0.6) is 0 Å². The van der Waals surface area contributed by atoms with Crippen LogP contribution in [-0.2, 0) is 5.41 Å². The first-order chi connectivity index (χ1) is 32.7. The lowest BCUT2D eigenvalue weighted by molar-refractivity contribution is 0.668. The molecule has 0 fully saturated rings. The molecule has 1 atom stereocenters. The van der Waals surface area contributed by atoms with Gasteiger partial charge in [0.15, 0.2) is 0 Å². The molecule has 0 saturated heterocycles. The van der Waals surface area contributed by atoms with Crippen molar-refractivity contribution >= 4 is 82.4 Å². The Hall–Kier alpha value is -8.66. The summed E-state index contributed by atoms with van der Waals surface area (Å²) in [5.41, 5.74) is 18.3. The Morgan fingerprint density at radius 3 is 1.80 bits per heavy atom. The van der Waals surface area contributed by atoms with Crippen LogP contribution in [0.4, 0.5) is 17.1 Å². The van der Waals surface area contributed by atoms with Crippen molar-refractivity contribution in [3.05, 3.63) is 253 Å². The molecule has 1 spiro atoms. The number of benzene rings is 11. The highest BCUT2D eigenvalue weighted by atomic mass is 16.3. The maximum atomic E-state index is 6.48. The second-order valence-electron chi connectivity index (χ2n) is 17.9. The summed E-state index contributed by atoms with van der Waals surface area (Å²) in [6.45, 7) is 0. The second-order valence-corrected chi connectivity index (χ2v) is 17.9. The van der Waals surface area contributed by atoms with Gasteiger partial charge < -0.3 is 13.9 Å². The normalized spacial score (nSPS) is 14.7. The molecule has 11 aromatic carbocycles. The van der Waals surface area contributed by atoms with E-state index in [-0.39, 0.29) is 0 Å². The average molecular weight is 839 g/mol. The smallest absolute Gasteiger partial charge is 0.137 e. The number of hydrogen-bond acceptors (Lipinski definition) is 2. The molecule has 3 heteroatoms. The average Bonchev–Trinajstić information content (AvgIpc) is 4.01. The molecule has 0 N–H and O–H groups in total. The monoisotopic (exact) mass is 838 g/mol. The number of nitrogens with zero attached hydrogens (tertiary/aromatic N) is 2. The molecule has 306 valence electrons. The highest BCUT2D eigenvalue weighted by Gasteiger charge is 2.50. The molecule has 66 heavy (non-hydrogen) atoms. The van der Waals surface area contributed by atoms with E-state index in [0.717, 1.165) is 55.7 Å². The molecule has 1 unspecified atom stereocenters. The predicted molar refractivity (Wildman–Crippen MR) is 274 cm³/mol. The summed E-state index contributed by atoms with van der Waals surface area (Å²) < 4.78 is 8.89. The zero-order valence-electron chi connectivity index (χ0n) is 35.7. The van der Waals surface area contributed by atoms with Crippen LogP contribution < -0.4 is 4.90 Å². The first kappa shape index (κ1) is 35.8. The molecule has 0 bridgehead atoms. The number of rotatable bonds is 4. The van der Waals surface area contributed by atoms with Crippen LogP contribution in [0.2, 0.25) is 0 Å². The third-order valence-corrected chi connectivity index (χ3v) is 14.8. The molecule has 2 heterocycles. The van der Waals surface area contributed by atoms with E-state index in [1.165, 1.54) is 76.8 Å². The van der Waals surface area contributed by atoms with Crippen molar-refractivity contribution in [3.8, 4) is 27.9 Å². The fraction of sp³-hybridized carbons (Fsp3) is 0.0159. The maximum Gasteiger partial charge on any atom is 0.137 e. The molecule has 0 radical (unpaired) electrons. The van der Waals surface area contributed by atoms with Crippen molar-refractivity contribution < 1.29 is 4.42 Å². The fourth-order valence-electron chi connectivity index (χ4n) is 12.1. The van der Waals surface area contributed by atoms with Gasteiger partial charge in [-0.05, 0) is 115 Å². The third kappa shape index (κ3) is 4.66. The van der Waals surface area contributed by atoms with Gasteiger partial charge in [-0.3, -0.25) is 0 Å². The summed E-state index contributed by atoms with van der Waals surface area (Å²) in [4.78, 5) is 2.49. The van der Waals surface area contributed by atoms with E-state index in [0.29, 0.717) is 0 Å². The Morgan fingerprint density at radius 1 is 0.348 bits per heavy atom. The largest absolute Gasteiger partial charge is 0.456 e. The van der Waals surface area contributed by atoms with Crippen LogP contribution in [0.25, 0.3) is 93.2 Å². The Bertz CT molecular complexity index is 4200. The zero-order chi connectivity index (χ0) is 43.1. The topological polar surface area (TPSA) is 21.3 Å². The van der Waals surface area contributed by atoms with Gasteiger partial charge in [-0.2, -0.15) is 0 Å². The van der Waals surface area contributed by atoms with Crippen molar-refractivity contribution in [1.29, 1.82) is 0 Å². The number of anilines is 3. The maximum absolute atomic E-state index is 6.48. The van der Waals surface area contributed by atoms with Gasteiger partial charge in [-0.15, -0.1) is 0 Å². The minimum Gasteiger partial charge on any atom is -0.456 e. The molecule has 13 aromatic rings. The summed E-state index contributed by atoms with van der Waals surface area (Å²) in [7, 11) is 0. The van der Waals surface area contributed by atoms with Crippen molar-refractivity contribution in [2.75, 3.05) is 4.90 Å². The zero-order valence-corrected chi connectivity index (χ0v) is 35.7. The molecular weight excluding hydrogens is 801 g/mol. The molecule has 0 amide bonds. The number of fused-ring (bicyclic) bond motifs is 16. The van der Waals surface area contributed by atoms with Crippen LogP contribution in [-0.4, -0.2) is 4.57 Å². The van der Waals surface area contributed by atoms with E-state index < -0.39 is 5.41 Å². The molecule has 2 aliphatic carbocycles. The van der Waals surface area contributed by atoms with E-state index in [1.807, 2.05) is 6.07 Å². The van der Waals surface area contributed by atoms with Gasteiger partial charge >= 0.3 is 0 Å². The van der Waals surface area contributed by atoms with Gasteiger partial charge in [0.2, 0.25) is 0 Å². The molecule has 0 aliphatic heterocycles. The van der Waals surface area contributed by atoms with Crippen molar-refractivity contribution in [3.63, 3.8) is 0 Å². The highest BCUT2D eigenvalue weighted by Crippen LogP contribution is 2.62. The minimum absolute atomic E-state index is 0.539. The van der Waals surface area contributed by atoms with Crippen LogP contribution in [0, 0.1) is 0 Å². The van der Waals surface area contributed by atoms with Gasteiger partial charge in [0.05, 0.1) is 22.1 Å². The lowest BCUT2D eigenvalue weighted by Crippen LogP contribution is -2.32. The first-order valence-corrected chi connectivity index (χ1v) is 22.8. The van der Waals surface area contributed by atoms with Crippen LogP contribution in [0.3, 0.4) is 0 Å². The van der Waals surface area contributed by atoms with Crippen molar-refractivity contribution in [2.24, 2.45) is 0 Å². The van der Waals surface area contributed by atoms with E-state index >= 15 is 0 Å². The lowest BCUT2D eigenvalue weighted by atomic mass is 9.61. The quantitative estimate of drug-likeness (QED) is 0.176. The second kappa shape index (κ2) is 13.2. The Balaban J connectivity index is 1.02. The summed E-state index contributed by atoms with van der Waals surface area (Å²) in [6.07, 6.45) is 0. The summed E-state index contributed by atoms with van der Waals surface area (Å²) in [6, 6.07) is 85.4. The molecule has 2 aromatic heterocycles.